The monoisotopic (exact) mass is 615 g/mol. The summed E-state index contributed by atoms with van der Waals surface area (Å²) in [5, 5.41) is 13.1. The predicted octanol–water partition coefficient (Wildman–Crippen LogP) is 5.51. The Morgan fingerprint density at radius 2 is 1.67 bits per heavy atom. The lowest BCUT2D eigenvalue weighted by atomic mass is 10.0. The van der Waals surface area contributed by atoms with Gasteiger partial charge in [-0.1, -0.05) is 43.3 Å². The lowest BCUT2D eigenvalue weighted by Crippen LogP contribution is -2.48. The fourth-order valence-corrected chi connectivity index (χ4v) is 5.41. The van der Waals surface area contributed by atoms with E-state index in [1.807, 2.05) is 38.1 Å². The van der Waals surface area contributed by atoms with Gasteiger partial charge in [0.05, 0.1) is 30.4 Å². The van der Waals surface area contributed by atoms with Crippen molar-refractivity contribution in [1.29, 1.82) is 0 Å². The van der Waals surface area contributed by atoms with Crippen LogP contribution in [0.25, 0.3) is 0 Å². The van der Waals surface area contributed by atoms with Crippen LogP contribution in [0.3, 0.4) is 0 Å². The third-order valence-electron chi connectivity index (χ3n) is 8.17. The van der Waals surface area contributed by atoms with Gasteiger partial charge >= 0.3 is 0 Å². The van der Waals surface area contributed by atoms with Crippen molar-refractivity contribution in [1.82, 2.24) is 9.80 Å². The largest absolute Gasteiger partial charge is 0.490 e. The van der Waals surface area contributed by atoms with Crippen molar-refractivity contribution in [3.63, 3.8) is 0 Å². The molecule has 0 spiro atoms. The molecule has 9 nitrogen and oxygen atoms in total. The number of hydrogen-bond donors (Lipinski definition) is 2. The van der Waals surface area contributed by atoms with Crippen LogP contribution in [0.2, 0.25) is 0 Å². The number of anilines is 1. The first-order valence-corrected chi connectivity index (χ1v) is 15.7. The molecule has 45 heavy (non-hydrogen) atoms. The molecule has 3 amide bonds. The average molecular weight is 616 g/mol. The molecule has 0 unspecified atom stereocenters. The van der Waals surface area contributed by atoms with E-state index in [1.54, 1.807) is 78.4 Å². The standard InChI is InChI=1S/C36H45N3O6/c1-25-22-39(26(2)24-40)36(43)31-21-30(37-34(41)28-14-7-5-8-15-28)18-19-32(31)45-27(3)13-11-12-20-44-33(25)23-38(4)35(42)29-16-9-6-10-17-29/h5-10,14-19,21,25-27,33,40H,11-13,20,22-24H2,1-4H3,(H,37,41)/t25-,26-,27-,33-/m1/s1. The van der Waals surface area contributed by atoms with E-state index in [2.05, 4.69) is 5.32 Å². The molecule has 0 saturated carbocycles. The van der Waals surface area contributed by atoms with Crippen LogP contribution in [0.5, 0.6) is 5.75 Å². The highest BCUT2D eigenvalue weighted by molar-refractivity contribution is 6.05. The Labute approximate surface area is 266 Å². The number of carbonyl (C=O) groups is 3. The highest BCUT2D eigenvalue weighted by Gasteiger charge is 2.31. The number of benzene rings is 3. The minimum Gasteiger partial charge on any atom is -0.490 e. The zero-order chi connectivity index (χ0) is 32.3. The van der Waals surface area contributed by atoms with Crippen LogP contribution in [-0.2, 0) is 4.74 Å². The summed E-state index contributed by atoms with van der Waals surface area (Å²) in [6.45, 7) is 6.64. The number of nitrogens with zero attached hydrogens (tertiary/aromatic N) is 2. The van der Waals surface area contributed by atoms with Crippen LogP contribution in [0.15, 0.2) is 78.9 Å². The summed E-state index contributed by atoms with van der Waals surface area (Å²) in [6.07, 6.45) is 1.92. The molecule has 0 radical (unpaired) electrons. The second-order valence-electron chi connectivity index (χ2n) is 11.9. The second-order valence-corrected chi connectivity index (χ2v) is 11.9. The van der Waals surface area contributed by atoms with Crippen molar-refractivity contribution in [2.45, 2.75) is 58.3 Å². The lowest BCUT2D eigenvalue weighted by Gasteiger charge is -2.36. The minimum absolute atomic E-state index is 0.104. The molecule has 1 heterocycles. The molecule has 4 atom stereocenters. The molecule has 9 heteroatoms. The highest BCUT2D eigenvalue weighted by atomic mass is 16.5. The van der Waals surface area contributed by atoms with Gasteiger partial charge in [0.25, 0.3) is 17.7 Å². The molecular formula is C36H45N3O6. The summed E-state index contributed by atoms with van der Waals surface area (Å²) >= 11 is 0. The number of amides is 3. The fourth-order valence-electron chi connectivity index (χ4n) is 5.41. The number of nitrogens with one attached hydrogen (secondary N) is 1. The molecular weight excluding hydrogens is 570 g/mol. The van der Waals surface area contributed by atoms with E-state index in [9.17, 15) is 19.5 Å². The van der Waals surface area contributed by atoms with E-state index in [0.717, 1.165) is 19.3 Å². The van der Waals surface area contributed by atoms with E-state index >= 15 is 0 Å². The van der Waals surface area contributed by atoms with Crippen molar-refractivity contribution in [3.8, 4) is 5.75 Å². The Hall–Kier alpha value is -4.21. The number of hydrogen-bond acceptors (Lipinski definition) is 6. The summed E-state index contributed by atoms with van der Waals surface area (Å²) < 4.78 is 12.7. The Kier molecular flexibility index (Phi) is 12.1. The third-order valence-corrected chi connectivity index (χ3v) is 8.17. The summed E-state index contributed by atoms with van der Waals surface area (Å²) in [4.78, 5) is 43.7. The van der Waals surface area contributed by atoms with Crippen molar-refractivity contribution >= 4 is 23.4 Å². The van der Waals surface area contributed by atoms with Gasteiger partial charge < -0.3 is 29.7 Å². The maximum absolute atomic E-state index is 14.3. The Morgan fingerprint density at radius 3 is 2.33 bits per heavy atom. The molecule has 3 aromatic carbocycles. The minimum atomic E-state index is -0.509. The first-order chi connectivity index (χ1) is 21.7. The van der Waals surface area contributed by atoms with E-state index in [4.69, 9.17) is 9.47 Å². The predicted molar refractivity (Wildman–Crippen MR) is 175 cm³/mol. The molecule has 1 aliphatic heterocycles. The van der Waals surface area contributed by atoms with E-state index in [1.165, 1.54) is 0 Å². The fraction of sp³-hybridized carbons (Fsp3) is 0.417. The van der Waals surface area contributed by atoms with Crippen molar-refractivity contribution < 1.29 is 29.0 Å². The molecule has 0 aromatic heterocycles. The lowest BCUT2D eigenvalue weighted by molar-refractivity contribution is -0.0149. The first-order valence-electron chi connectivity index (χ1n) is 15.7. The topological polar surface area (TPSA) is 108 Å². The van der Waals surface area contributed by atoms with Crippen LogP contribution in [0.4, 0.5) is 5.69 Å². The van der Waals surface area contributed by atoms with Gasteiger partial charge in [-0.05, 0) is 75.6 Å². The van der Waals surface area contributed by atoms with Crippen LogP contribution in [-0.4, -0.2) is 84.2 Å². The van der Waals surface area contributed by atoms with Crippen LogP contribution in [0.1, 0.15) is 71.1 Å². The summed E-state index contributed by atoms with van der Waals surface area (Å²) in [7, 11) is 1.76. The molecule has 4 rings (SSSR count). The molecule has 0 saturated heterocycles. The zero-order valence-corrected chi connectivity index (χ0v) is 26.6. The molecule has 240 valence electrons. The van der Waals surface area contributed by atoms with Gasteiger partial charge in [-0.3, -0.25) is 14.4 Å². The van der Waals surface area contributed by atoms with Gasteiger partial charge in [-0.25, -0.2) is 0 Å². The van der Waals surface area contributed by atoms with Crippen molar-refractivity contribution in [2.75, 3.05) is 38.7 Å². The smallest absolute Gasteiger partial charge is 0.258 e. The number of carbonyl (C=O) groups excluding carboxylic acids is 3. The van der Waals surface area contributed by atoms with Gasteiger partial charge in [-0.2, -0.15) is 0 Å². The first kappa shape index (κ1) is 33.7. The number of aliphatic hydroxyl groups excluding tert-OH is 1. The maximum Gasteiger partial charge on any atom is 0.258 e. The van der Waals surface area contributed by atoms with E-state index in [-0.39, 0.29) is 49.0 Å². The number of likely N-dealkylation sites (N-methyl/N-ethyl adjacent to an activating group) is 1. The van der Waals surface area contributed by atoms with Crippen molar-refractivity contribution in [2.24, 2.45) is 5.92 Å². The normalized spacial score (nSPS) is 20.2. The van der Waals surface area contributed by atoms with Gasteiger partial charge in [0.1, 0.15) is 5.75 Å². The van der Waals surface area contributed by atoms with Gasteiger partial charge in [0.15, 0.2) is 0 Å². The molecule has 2 N–H and O–H groups in total. The van der Waals surface area contributed by atoms with E-state index in [0.29, 0.717) is 41.3 Å². The number of aliphatic hydroxyl groups is 1. The number of ether oxygens (including phenoxy) is 2. The van der Waals surface area contributed by atoms with Gasteiger partial charge in [0.2, 0.25) is 0 Å². The van der Waals surface area contributed by atoms with Crippen LogP contribution >= 0.6 is 0 Å². The Morgan fingerprint density at radius 1 is 1.00 bits per heavy atom. The summed E-state index contributed by atoms with van der Waals surface area (Å²) in [6, 6.07) is 22.6. The van der Waals surface area contributed by atoms with Gasteiger partial charge in [0, 0.05) is 49.5 Å². The summed E-state index contributed by atoms with van der Waals surface area (Å²) in [5.41, 5.74) is 1.85. The zero-order valence-electron chi connectivity index (χ0n) is 26.6. The van der Waals surface area contributed by atoms with Crippen LogP contribution < -0.4 is 10.1 Å². The second kappa shape index (κ2) is 16.2. The van der Waals surface area contributed by atoms with Crippen LogP contribution in [0, 0.1) is 5.92 Å². The van der Waals surface area contributed by atoms with Crippen molar-refractivity contribution in [3.05, 3.63) is 95.6 Å². The third kappa shape index (κ3) is 9.15. The van der Waals surface area contributed by atoms with E-state index < -0.39 is 6.04 Å². The average Bonchev–Trinajstić information content (AvgIpc) is 3.06. The Bertz CT molecular complexity index is 1420. The molecule has 0 aliphatic carbocycles. The SMILES string of the molecule is C[C@@H]1CCCCO[C@H](CN(C)C(=O)c2ccccc2)[C@H](C)CN([C@H](C)CO)C(=O)c2cc(NC(=O)c3ccccc3)ccc2O1. The molecule has 3 aromatic rings. The maximum atomic E-state index is 14.3. The number of rotatable bonds is 7. The Balaban J connectivity index is 1.63. The quantitative estimate of drug-likeness (QED) is 0.363. The molecule has 0 bridgehead atoms. The summed E-state index contributed by atoms with van der Waals surface area (Å²) in [5.74, 6) is -0.479. The molecule has 1 aliphatic rings. The number of fused-ring (bicyclic) bond motifs is 1. The van der Waals surface area contributed by atoms with Gasteiger partial charge in [-0.15, -0.1) is 0 Å². The molecule has 0 fully saturated rings. The highest BCUT2D eigenvalue weighted by Crippen LogP contribution is 2.29.